The standard InChI is InChI=1S/C11H16O.C7H7Br.C4H8O/c1-3-11(12)8-10-6-4-5-9(2)7-10;1-6-3-2-4-7(8)5-6;1-2-4-3-5-4/h4-7,11-12H,3,8H2,1-2H3;2-5H,1H3;4H,2-3H2,1H3/t11-;;/m1../s1. The molecule has 0 bridgehead atoms. The van der Waals surface area contributed by atoms with Crippen molar-refractivity contribution in [1.29, 1.82) is 0 Å². The van der Waals surface area contributed by atoms with E-state index in [2.05, 4.69) is 67.0 Å². The van der Waals surface area contributed by atoms with Crippen molar-refractivity contribution in [1.82, 2.24) is 0 Å². The van der Waals surface area contributed by atoms with Crippen LogP contribution in [0.15, 0.2) is 53.0 Å². The molecule has 0 aromatic heterocycles. The smallest absolute Gasteiger partial charge is 0.0807 e. The van der Waals surface area contributed by atoms with Crippen molar-refractivity contribution in [2.45, 2.75) is 59.2 Å². The molecule has 0 aliphatic carbocycles. The molecule has 0 spiro atoms. The zero-order valence-corrected chi connectivity index (χ0v) is 17.4. The van der Waals surface area contributed by atoms with E-state index in [1.807, 2.05) is 25.1 Å². The average molecular weight is 407 g/mol. The van der Waals surface area contributed by atoms with Crippen molar-refractivity contribution in [3.8, 4) is 0 Å². The number of ether oxygens (including phenoxy) is 1. The molecule has 2 atom stereocenters. The molecule has 0 amide bonds. The molecule has 1 unspecified atom stereocenters. The van der Waals surface area contributed by atoms with Crippen molar-refractivity contribution in [2.24, 2.45) is 0 Å². The maximum atomic E-state index is 9.40. The molecule has 3 rings (SSSR count). The highest BCUT2D eigenvalue weighted by molar-refractivity contribution is 9.10. The number of aliphatic hydroxyl groups is 1. The van der Waals surface area contributed by atoms with Crippen LogP contribution in [0.1, 0.15) is 43.4 Å². The Morgan fingerprint density at radius 3 is 2.04 bits per heavy atom. The van der Waals surface area contributed by atoms with Crippen LogP contribution < -0.4 is 0 Å². The summed E-state index contributed by atoms with van der Waals surface area (Å²) >= 11 is 3.36. The number of halogens is 1. The molecule has 25 heavy (non-hydrogen) atoms. The van der Waals surface area contributed by atoms with Gasteiger partial charge in [-0.2, -0.15) is 0 Å². The van der Waals surface area contributed by atoms with Gasteiger partial charge in [0.05, 0.1) is 18.8 Å². The Labute approximate surface area is 161 Å². The van der Waals surface area contributed by atoms with E-state index in [9.17, 15) is 5.11 Å². The number of rotatable bonds is 4. The van der Waals surface area contributed by atoms with Crippen LogP contribution >= 0.6 is 15.9 Å². The summed E-state index contributed by atoms with van der Waals surface area (Å²) in [5.41, 5.74) is 3.78. The summed E-state index contributed by atoms with van der Waals surface area (Å²) in [7, 11) is 0. The second-order valence-corrected chi connectivity index (χ2v) is 7.33. The van der Waals surface area contributed by atoms with Gasteiger partial charge in [-0.1, -0.05) is 77.3 Å². The van der Waals surface area contributed by atoms with Crippen molar-refractivity contribution in [2.75, 3.05) is 6.61 Å². The summed E-state index contributed by atoms with van der Waals surface area (Å²) in [6.45, 7) is 9.29. The molecule has 1 N–H and O–H groups in total. The Kier molecular flexibility index (Phi) is 10.7. The Hall–Kier alpha value is -1.16. The van der Waals surface area contributed by atoms with E-state index in [1.54, 1.807) is 0 Å². The van der Waals surface area contributed by atoms with Gasteiger partial charge in [-0.05, 0) is 50.8 Å². The SMILES string of the molecule is CCC1CO1.CC[C@@H](O)Cc1cccc(C)c1.Cc1cccc(Br)c1. The molecule has 1 aliphatic heterocycles. The first-order chi connectivity index (χ1) is 11.9. The van der Waals surface area contributed by atoms with Crippen LogP contribution in [0.4, 0.5) is 0 Å². The summed E-state index contributed by atoms with van der Waals surface area (Å²) in [6.07, 6.45) is 3.24. The summed E-state index contributed by atoms with van der Waals surface area (Å²) < 4.78 is 6.01. The highest BCUT2D eigenvalue weighted by Crippen LogP contribution is 2.11. The van der Waals surface area contributed by atoms with E-state index in [1.165, 1.54) is 23.1 Å². The molecule has 1 fully saturated rings. The highest BCUT2D eigenvalue weighted by Gasteiger charge is 2.18. The molecule has 3 heteroatoms. The first-order valence-electron chi connectivity index (χ1n) is 9.02. The first kappa shape index (κ1) is 21.9. The van der Waals surface area contributed by atoms with Crippen LogP contribution in [-0.2, 0) is 11.2 Å². The van der Waals surface area contributed by atoms with E-state index in [4.69, 9.17) is 4.74 Å². The third-order valence-corrected chi connectivity index (χ3v) is 4.36. The van der Waals surface area contributed by atoms with Gasteiger partial charge in [-0.3, -0.25) is 0 Å². The lowest BCUT2D eigenvalue weighted by Gasteiger charge is -2.07. The van der Waals surface area contributed by atoms with E-state index in [-0.39, 0.29) is 6.10 Å². The number of hydrogen-bond acceptors (Lipinski definition) is 2. The van der Waals surface area contributed by atoms with Crippen molar-refractivity contribution in [3.63, 3.8) is 0 Å². The van der Waals surface area contributed by atoms with Gasteiger partial charge < -0.3 is 9.84 Å². The monoisotopic (exact) mass is 406 g/mol. The minimum atomic E-state index is -0.188. The summed E-state index contributed by atoms with van der Waals surface area (Å²) in [4.78, 5) is 0. The molecule has 2 aromatic carbocycles. The van der Waals surface area contributed by atoms with Crippen molar-refractivity contribution < 1.29 is 9.84 Å². The minimum absolute atomic E-state index is 0.188. The Morgan fingerprint density at radius 2 is 1.68 bits per heavy atom. The lowest BCUT2D eigenvalue weighted by molar-refractivity contribution is 0.171. The number of aliphatic hydroxyl groups excluding tert-OH is 1. The molecular formula is C22H31BrO2. The third kappa shape index (κ3) is 11.1. The van der Waals surface area contributed by atoms with Gasteiger partial charge in [-0.15, -0.1) is 0 Å². The lowest BCUT2D eigenvalue weighted by atomic mass is 10.0. The summed E-state index contributed by atoms with van der Waals surface area (Å²) in [6, 6.07) is 16.5. The van der Waals surface area contributed by atoms with Gasteiger partial charge in [0.2, 0.25) is 0 Å². The molecule has 1 saturated heterocycles. The summed E-state index contributed by atoms with van der Waals surface area (Å²) in [5.74, 6) is 0. The molecule has 1 heterocycles. The van der Waals surface area contributed by atoms with Crippen LogP contribution in [0.25, 0.3) is 0 Å². The Bertz CT molecular complexity index is 591. The van der Waals surface area contributed by atoms with Gasteiger partial charge in [0.15, 0.2) is 0 Å². The molecule has 1 aliphatic rings. The largest absolute Gasteiger partial charge is 0.393 e. The van der Waals surface area contributed by atoms with Crippen molar-refractivity contribution in [3.05, 3.63) is 69.7 Å². The van der Waals surface area contributed by atoms with E-state index < -0.39 is 0 Å². The van der Waals surface area contributed by atoms with Crippen LogP contribution in [-0.4, -0.2) is 23.9 Å². The topological polar surface area (TPSA) is 32.8 Å². The number of aryl methyl sites for hydroxylation is 2. The third-order valence-electron chi connectivity index (χ3n) is 3.86. The van der Waals surface area contributed by atoms with Gasteiger partial charge >= 0.3 is 0 Å². The molecule has 138 valence electrons. The van der Waals surface area contributed by atoms with E-state index >= 15 is 0 Å². The first-order valence-corrected chi connectivity index (χ1v) is 9.81. The molecule has 0 radical (unpaired) electrons. The minimum Gasteiger partial charge on any atom is -0.393 e. The van der Waals surface area contributed by atoms with Crippen LogP contribution in [0.3, 0.4) is 0 Å². The number of hydrogen-bond donors (Lipinski definition) is 1. The fourth-order valence-electron chi connectivity index (χ4n) is 2.16. The molecule has 0 saturated carbocycles. The van der Waals surface area contributed by atoms with E-state index in [0.29, 0.717) is 6.10 Å². The van der Waals surface area contributed by atoms with Crippen LogP contribution in [0.2, 0.25) is 0 Å². The highest BCUT2D eigenvalue weighted by atomic mass is 79.9. The number of benzene rings is 2. The van der Waals surface area contributed by atoms with Gasteiger partial charge in [-0.25, -0.2) is 0 Å². The zero-order chi connectivity index (χ0) is 18.7. The van der Waals surface area contributed by atoms with Crippen LogP contribution in [0, 0.1) is 13.8 Å². The predicted octanol–water partition coefficient (Wildman–Crippen LogP) is 5.86. The maximum Gasteiger partial charge on any atom is 0.0807 e. The fraction of sp³-hybridized carbons (Fsp3) is 0.455. The quantitative estimate of drug-likeness (QED) is 0.644. The van der Waals surface area contributed by atoms with Gasteiger partial charge in [0, 0.05) is 4.47 Å². The van der Waals surface area contributed by atoms with Gasteiger partial charge in [0.1, 0.15) is 0 Å². The zero-order valence-electron chi connectivity index (χ0n) is 15.8. The average Bonchev–Trinajstić information content (AvgIpc) is 3.40. The Morgan fingerprint density at radius 1 is 1.08 bits per heavy atom. The lowest BCUT2D eigenvalue weighted by Crippen LogP contribution is -2.08. The van der Waals surface area contributed by atoms with Gasteiger partial charge in [0.25, 0.3) is 0 Å². The predicted molar refractivity (Wildman–Crippen MR) is 110 cm³/mol. The molecular weight excluding hydrogens is 376 g/mol. The second kappa shape index (κ2) is 12.2. The van der Waals surface area contributed by atoms with Crippen LogP contribution in [0.5, 0.6) is 0 Å². The second-order valence-electron chi connectivity index (χ2n) is 6.42. The molecule has 2 aromatic rings. The van der Waals surface area contributed by atoms with Crippen molar-refractivity contribution >= 4 is 15.9 Å². The normalized spacial score (nSPS) is 16.0. The molecule has 2 nitrogen and oxygen atoms in total. The van der Waals surface area contributed by atoms with E-state index in [0.717, 1.165) is 23.9 Å². The Balaban J connectivity index is 0.000000205. The summed E-state index contributed by atoms with van der Waals surface area (Å²) in [5, 5.41) is 9.40. The maximum absolute atomic E-state index is 9.40. The fourth-order valence-corrected chi connectivity index (χ4v) is 2.68. The number of epoxide rings is 1.